The zero-order valence-electron chi connectivity index (χ0n) is 13.5. The van der Waals surface area contributed by atoms with E-state index >= 15 is 0 Å². The third-order valence-electron chi connectivity index (χ3n) is 3.32. The molecule has 134 valence electrons. The minimum atomic E-state index is -3.82. The molecule has 0 aliphatic carbocycles. The molecule has 1 unspecified atom stereocenters. The third-order valence-corrected chi connectivity index (χ3v) is 6.25. The van der Waals surface area contributed by atoms with Crippen molar-refractivity contribution in [3.8, 4) is 0 Å². The van der Waals surface area contributed by atoms with Crippen LogP contribution >= 0.6 is 11.3 Å². The van der Waals surface area contributed by atoms with Crippen LogP contribution in [0.1, 0.15) is 12.5 Å². The number of nitrogens with one attached hydrogen (secondary N) is 1. The van der Waals surface area contributed by atoms with E-state index in [1.807, 2.05) is 6.07 Å². The lowest BCUT2D eigenvalue weighted by Crippen LogP contribution is -2.47. The average molecular weight is 382 g/mol. The van der Waals surface area contributed by atoms with Crippen LogP contribution in [0.2, 0.25) is 0 Å². The van der Waals surface area contributed by atoms with E-state index in [0.29, 0.717) is 0 Å². The van der Waals surface area contributed by atoms with Gasteiger partial charge in [-0.25, -0.2) is 8.42 Å². The van der Waals surface area contributed by atoms with Gasteiger partial charge in [-0.05, 0) is 23.9 Å². The summed E-state index contributed by atoms with van der Waals surface area (Å²) in [6.45, 7) is 0.961. The Balaban J connectivity index is 2.13. The number of carbonyl (C=O) groups excluding carboxylic acids is 1. The molecule has 0 saturated heterocycles. The van der Waals surface area contributed by atoms with Gasteiger partial charge < -0.3 is 10.0 Å². The average Bonchev–Trinajstić information content (AvgIpc) is 3.09. The van der Waals surface area contributed by atoms with Gasteiger partial charge in [0.05, 0.1) is 6.04 Å². The van der Waals surface area contributed by atoms with Gasteiger partial charge in [0, 0.05) is 6.54 Å². The first-order valence-corrected chi connectivity index (χ1v) is 9.76. The number of carboxylic acid groups (broad SMARTS) is 1. The lowest BCUT2D eigenvalue weighted by atomic mass is 10.2. The molecule has 0 saturated carbocycles. The Morgan fingerprint density at radius 1 is 1.20 bits per heavy atom. The maximum Gasteiger partial charge on any atom is 0.323 e. The monoisotopic (exact) mass is 382 g/mol. The number of nitrogens with zero attached hydrogens (tertiary/aromatic N) is 1. The normalized spacial score (nSPS) is 12.5. The lowest BCUT2D eigenvalue weighted by Gasteiger charge is -2.24. The van der Waals surface area contributed by atoms with Gasteiger partial charge in [-0.3, -0.25) is 9.59 Å². The topological polar surface area (TPSA) is 104 Å². The first-order chi connectivity index (χ1) is 11.8. The summed E-state index contributed by atoms with van der Waals surface area (Å²) in [5, 5.41) is 10.7. The van der Waals surface area contributed by atoms with Crippen molar-refractivity contribution in [2.75, 3.05) is 6.54 Å². The van der Waals surface area contributed by atoms with Crippen LogP contribution in [-0.2, 0) is 26.2 Å². The molecule has 1 aromatic carbocycles. The quantitative estimate of drug-likeness (QED) is 0.721. The smallest absolute Gasteiger partial charge is 0.323 e. The van der Waals surface area contributed by atoms with Crippen LogP contribution < -0.4 is 4.72 Å². The Morgan fingerprint density at radius 3 is 2.44 bits per heavy atom. The first kappa shape index (κ1) is 19.1. The van der Waals surface area contributed by atoms with Crippen molar-refractivity contribution in [2.24, 2.45) is 0 Å². The highest BCUT2D eigenvalue weighted by atomic mass is 32.2. The van der Waals surface area contributed by atoms with Crippen LogP contribution in [0.5, 0.6) is 0 Å². The Bertz CT molecular complexity index is 819. The minimum absolute atomic E-state index is 0.0804. The maximum atomic E-state index is 12.6. The molecule has 1 aromatic heterocycles. The van der Waals surface area contributed by atoms with Gasteiger partial charge in [0.2, 0.25) is 5.91 Å². The minimum Gasteiger partial charge on any atom is -0.480 e. The Morgan fingerprint density at radius 2 is 1.88 bits per heavy atom. The van der Waals surface area contributed by atoms with Crippen molar-refractivity contribution in [2.45, 2.75) is 23.7 Å². The predicted molar refractivity (Wildman–Crippen MR) is 93.6 cm³/mol. The fourth-order valence-corrected chi connectivity index (χ4v) is 4.42. The summed E-state index contributed by atoms with van der Waals surface area (Å²) in [7, 11) is -3.82. The second-order valence-corrected chi connectivity index (χ2v) is 8.24. The Hall–Kier alpha value is -2.23. The van der Waals surface area contributed by atoms with Crippen molar-refractivity contribution in [3.63, 3.8) is 0 Å². The fraction of sp³-hybridized carbons (Fsp3) is 0.250. The van der Waals surface area contributed by atoms with Gasteiger partial charge in [0.15, 0.2) is 0 Å². The first-order valence-electron chi connectivity index (χ1n) is 7.40. The van der Waals surface area contributed by atoms with Crippen LogP contribution in [0.15, 0.2) is 52.1 Å². The Labute approximate surface area is 150 Å². The molecule has 2 aromatic rings. The van der Waals surface area contributed by atoms with E-state index in [2.05, 4.69) is 4.72 Å². The number of hydrogen-bond donors (Lipinski definition) is 2. The number of benzene rings is 1. The summed E-state index contributed by atoms with van der Waals surface area (Å²) in [6, 6.07) is 10.8. The van der Waals surface area contributed by atoms with Crippen molar-refractivity contribution in [1.29, 1.82) is 0 Å². The number of rotatable bonds is 8. The highest BCUT2D eigenvalue weighted by Gasteiger charge is 2.27. The molecule has 1 amide bonds. The van der Waals surface area contributed by atoms with Gasteiger partial charge in [-0.1, -0.05) is 36.4 Å². The van der Waals surface area contributed by atoms with Crippen molar-refractivity contribution in [1.82, 2.24) is 9.62 Å². The van der Waals surface area contributed by atoms with E-state index in [-0.39, 0.29) is 10.8 Å². The summed E-state index contributed by atoms with van der Waals surface area (Å²) in [6.07, 6.45) is 0. The van der Waals surface area contributed by atoms with E-state index in [1.54, 1.807) is 35.7 Å². The van der Waals surface area contributed by atoms with Crippen LogP contribution in [-0.4, -0.2) is 42.9 Å². The number of carboxylic acids is 1. The second kappa shape index (κ2) is 8.24. The van der Waals surface area contributed by atoms with Gasteiger partial charge in [0.25, 0.3) is 10.0 Å². The molecule has 0 aliphatic heterocycles. The molecule has 1 heterocycles. The molecular formula is C16H18N2O5S2. The predicted octanol–water partition coefficient (Wildman–Crippen LogP) is 1.53. The highest BCUT2D eigenvalue weighted by Crippen LogP contribution is 2.16. The van der Waals surface area contributed by atoms with E-state index in [0.717, 1.165) is 21.8 Å². The maximum absolute atomic E-state index is 12.6. The zero-order chi connectivity index (χ0) is 18.4. The zero-order valence-corrected chi connectivity index (χ0v) is 15.1. The van der Waals surface area contributed by atoms with E-state index in [4.69, 9.17) is 5.11 Å². The summed E-state index contributed by atoms with van der Waals surface area (Å²) < 4.78 is 26.8. The summed E-state index contributed by atoms with van der Waals surface area (Å²) >= 11 is 1.04. The second-order valence-electron chi connectivity index (χ2n) is 5.35. The molecule has 0 aliphatic rings. The van der Waals surface area contributed by atoms with Gasteiger partial charge in [-0.15, -0.1) is 11.3 Å². The molecule has 9 heteroatoms. The molecular weight excluding hydrogens is 364 g/mol. The molecule has 25 heavy (non-hydrogen) atoms. The number of thiophene rings is 1. The number of aliphatic carboxylic acids is 1. The number of amides is 1. The summed E-state index contributed by atoms with van der Waals surface area (Å²) in [5.74, 6) is -1.77. The molecule has 1 atom stereocenters. The molecule has 0 fully saturated rings. The SMILES string of the molecule is CC(NS(=O)(=O)c1cccs1)C(=O)N(CC(=O)O)Cc1ccccc1. The molecule has 2 N–H and O–H groups in total. The third kappa shape index (κ3) is 5.38. The Kier molecular flexibility index (Phi) is 6.29. The van der Waals surface area contributed by atoms with Crippen molar-refractivity contribution < 1.29 is 23.1 Å². The van der Waals surface area contributed by atoms with E-state index in [9.17, 15) is 18.0 Å². The van der Waals surface area contributed by atoms with Crippen molar-refractivity contribution >= 4 is 33.2 Å². The molecule has 0 radical (unpaired) electrons. The van der Waals surface area contributed by atoms with Gasteiger partial charge >= 0.3 is 5.97 Å². The number of hydrogen-bond acceptors (Lipinski definition) is 5. The van der Waals surface area contributed by atoms with E-state index in [1.165, 1.54) is 13.0 Å². The summed E-state index contributed by atoms with van der Waals surface area (Å²) in [5.41, 5.74) is 0.755. The van der Waals surface area contributed by atoms with Crippen molar-refractivity contribution in [3.05, 3.63) is 53.4 Å². The van der Waals surface area contributed by atoms with Gasteiger partial charge in [0.1, 0.15) is 10.8 Å². The lowest BCUT2D eigenvalue weighted by molar-refractivity contribution is -0.145. The summed E-state index contributed by atoms with van der Waals surface area (Å²) in [4.78, 5) is 24.7. The van der Waals surface area contributed by atoms with Crippen LogP contribution in [0.3, 0.4) is 0 Å². The van der Waals surface area contributed by atoms with Crippen LogP contribution in [0.25, 0.3) is 0 Å². The standard InChI is InChI=1S/C16H18N2O5S2/c1-12(17-25(22,23)15-8-5-9-24-15)16(21)18(11-14(19)20)10-13-6-3-2-4-7-13/h2-9,12,17H,10-11H2,1H3,(H,19,20). The number of carbonyl (C=O) groups is 2. The molecule has 0 bridgehead atoms. The fourth-order valence-electron chi connectivity index (χ4n) is 2.21. The largest absolute Gasteiger partial charge is 0.480 e. The van der Waals surface area contributed by atoms with E-state index < -0.39 is 34.5 Å². The van der Waals surface area contributed by atoms with Gasteiger partial charge in [-0.2, -0.15) is 4.72 Å². The van der Waals surface area contributed by atoms with Crippen LogP contribution in [0.4, 0.5) is 0 Å². The van der Waals surface area contributed by atoms with Crippen LogP contribution in [0, 0.1) is 0 Å². The molecule has 0 spiro atoms. The number of sulfonamides is 1. The highest BCUT2D eigenvalue weighted by molar-refractivity contribution is 7.91. The molecule has 7 nitrogen and oxygen atoms in total. The molecule has 2 rings (SSSR count).